The van der Waals surface area contributed by atoms with Crippen LogP contribution in [-0.4, -0.2) is 38.5 Å². The van der Waals surface area contributed by atoms with Crippen molar-refractivity contribution in [3.63, 3.8) is 0 Å². The fourth-order valence-corrected chi connectivity index (χ4v) is 2.70. The second-order valence-corrected chi connectivity index (χ2v) is 7.01. The van der Waals surface area contributed by atoms with Crippen molar-refractivity contribution in [3.05, 3.63) is 40.3 Å². The Hall–Kier alpha value is -2.77. The first-order chi connectivity index (χ1) is 12.8. The molecule has 0 bridgehead atoms. The summed E-state index contributed by atoms with van der Waals surface area (Å²) in [5.74, 6) is 1.26. The molecule has 0 saturated carbocycles. The summed E-state index contributed by atoms with van der Waals surface area (Å²) in [5, 5.41) is 14.7. The number of hydrogen-bond acceptors (Lipinski definition) is 6. The minimum Gasteiger partial charge on any atom is -0.339 e. The highest BCUT2D eigenvalue weighted by molar-refractivity contribution is 5.76. The third kappa shape index (κ3) is 5.60. The molecule has 0 radical (unpaired) electrons. The topological polar surface area (TPSA) is 102 Å². The van der Waals surface area contributed by atoms with Crippen molar-refractivity contribution in [2.24, 2.45) is 5.92 Å². The van der Waals surface area contributed by atoms with Gasteiger partial charge in [0.05, 0.1) is 4.92 Å². The van der Waals surface area contributed by atoms with Gasteiger partial charge in [-0.3, -0.25) is 14.9 Å². The molecule has 8 heteroatoms. The molecule has 1 heterocycles. The highest BCUT2D eigenvalue weighted by atomic mass is 16.6. The van der Waals surface area contributed by atoms with Crippen LogP contribution in [-0.2, 0) is 11.2 Å². The normalized spacial score (nSPS) is 12.2. The van der Waals surface area contributed by atoms with E-state index in [4.69, 9.17) is 4.52 Å². The van der Waals surface area contributed by atoms with E-state index in [-0.39, 0.29) is 17.6 Å². The second-order valence-electron chi connectivity index (χ2n) is 7.01. The summed E-state index contributed by atoms with van der Waals surface area (Å²) in [6.45, 7) is 8.67. The lowest BCUT2D eigenvalue weighted by Crippen LogP contribution is -2.40. The average Bonchev–Trinajstić information content (AvgIpc) is 3.10. The van der Waals surface area contributed by atoms with Gasteiger partial charge in [0.1, 0.15) is 0 Å². The minimum absolute atomic E-state index is 0.00956. The van der Waals surface area contributed by atoms with Crippen molar-refractivity contribution in [1.29, 1.82) is 0 Å². The van der Waals surface area contributed by atoms with Crippen molar-refractivity contribution in [2.45, 2.75) is 53.0 Å². The van der Waals surface area contributed by atoms with Crippen molar-refractivity contribution in [3.8, 4) is 11.4 Å². The van der Waals surface area contributed by atoms with Crippen LogP contribution in [0.1, 0.15) is 46.4 Å². The van der Waals surface area contributed by atoms with E-state index in [9.17, 15) is 14.9 Å². The molecule has 0 aliphatic carbocycles. The highest BCUT2D eigenvalue weighted by Gasteiger charge is 2.21. The molecular formula is C19H26N4O4. The van der Waals surface area contributed by atoms with Gasteiger partial charge in [-0.2, -0.15) is 4.98 Å². The number of nitrogens with zero attached hydrogens (tertiary/aromatic N) is 4. The predicted molar refractivity (Wildman–Crippen MR) is 101 cm³/mol. The van der Waals surface area contributed by atoms with Gasteiger partial charge >= 0.3 is 0 Å². The number of benzene rings is 1. The second kappa shape index (κ2) is 9.25. The molecule has 2 rings (SSSR count). The number of carbonyl (C=O) groups excluding carboxylic acids is 1. The summed E-state index contributed by atoms with van der Waals surface area (Å²) < 4.78 is 5.29. The summed E-state index contributed by atoms with van der Waals surface area (Å²) in [5.41, 5.74) is 0.653. The SMILES string of the molecule is CCC(C)N(CCc1nc(-c2ccc([N+](=O)[O-])cc2)no1)C(=O)CC(C)C. The highest BCUT2D eigenvalue weighted by Crippen LogP contribution is 2.20. The van der Waals surface area contributed by atoms with Crippen molar-refractivity contribution < 1.29 is 14.2 Å². The first kappa shape index (κ1) is 20.5. The van der Waals surface area contributed by atoms with Crippen LogP contribution in [0.5, 0.6) is 0 Å². The monoisotopic (exact) mass is 374 g/mol. The van der Waals surface area contributed by atoms with Gasteiger partial charge in [0.15, 0.2) is 0 Å². The van der Waals surface area contributed by atoms with Gasteiger partial charge in [-0.1, -0.05) is 25.9 Å². The molecule has 0 fully saturated rings. The molecule has 1 aromatic heterocycles. The quantitative estimate of drug-likeness (QED) is 0.488. The van der Waals surface area contributed by atoms with Crippen LogP contribution in [0.15, 0.2) is 28.8 Å². The summed E-state index contributed by atoms with van der Waals surface area (Å²) in [6, 6.07) is 6.13. The fraction of sp³-hybridized carbons (Fsp3) is 0.526. The van der Waals surface area contributed by atoms with Crippen LogP contribution < -0.4 is 0 Å². The van der Waals surface area contributed by atoms with Gasteiger partial charge in [0, 0.05) is 43.1 Å². The summed E-state index contributed by atoms with van der Waals surface area (Å²) in [4.78, 5) is 29.0. The van der Waals surface area contributed by atoms with Crippen molar-refractivity contribution in [1.82, 2.24) is 15.0 Å². The number of aromatic nitrogens is 2. The third-order valence-corrected chi connectivity index (χ3v) is 4.40. The van der Waals surface area contributed by atoms with Gasteiger partial charge in [-0.25, -0.2) is 0 Å². The van der Waals surface area contributed by atoms with Crippen LogP contribution in [0.2, 0.25) is 0 Å². The maximum atomic E-state index is 12.5. The Balaban J connectivity index is 2.04. The standard InChI is InChI=1S/C19H26N4O4/c1-5-14(4)22(18(24)12-13(2)3)11-10-17-20-19(21-27-17)15-6-8-16(9-7-15)23(25)26/h6-9,13-14H,5,10-12H2,1-4H3. The largest absolute Gasteiger partial charge is 0.339 e. The van der Waals surface area contributed by atoms with E-state index in [0.717, 1.165) is 6.42 Å². The van der Waals surface area contributed by atoms with E-state index in [1.807, 2.05) is 25.7 Å². The van der Waals surface area contributed by atoms with Gasteiger partial charge < -0.3 is 9.42 Å². The van der Waals surface area contributed by atoms with E-state index < -0.39 is 4.92 Å². The van der Waals surface area contributed by atoms with E-state index in [0.29, 0.717) is 42.6 Å². The first-order valence-electron chi connectivity index (χ1n) is 9.18. The Morgan fingerprint density at radius 1 is 1.26 bits per heavy atom. The number of nitro benzene ring substituents is 1. The molecule has 1 atom stereocenters. The Kier molecular flexibility index (Phi) is 7.04. The Morgan fingerprint density at radius 2 is 1.93 bits per heavy atom. The Morgan fingerprint density at radius 3 is 2.48 bits per heavy atom. The van der Waals surface area contributed by atoms with Crippen LogP contribution in [0, 0.1) is 16.0 Å². The number of nitro groups is 1. The molecule has 0 aliphatic rings. The summed E-state index contributed by atoms with van der Waals surface area (Å²) >= 11 is 0. The molecule has 1 amide bonds. The van der Waals surface area contributed by atoms with Crippen molar-refractivity contribution >= 4 is 11.6 Å². The van der Waals surface area contributed by atoms with E-state index in [1.165, 1.54) is 12.1 Å². The smallest absolute Gasteiger partial charge is 0.269 e. The number of hydrogen-bond donors (Lipinski definition) is 0. The third-order valence-electron chi connectivity index (χ3n) is 4.40. The zero-order valence-corrected chi connectivity index (χ0v) is 16.2. The lowest BCUT2D eigenvalue weighted by atomic mass is 10.1. The van der Waals surface area contributed by atoms with Gasteiger partial charge in [0.2, 0.25) is 17.6 Å². The number of rotatable bonds is 9. The molecular weight excluding hydrogens is 348 g/mol. The molecule has 1 unspecified atom stereocenters. The minimum atomic E-state index is -0.455. The lowest BCUT2D eigenvalue weighted by Gasteiger charge is -2.29. The van der Waals surface area contributed by atoms with Crippen LogP contribution in [0.4, 0.5) is 5.69 Å². The fourth-order valence-electron chi connectivity index (χ4n) is 2.70. The Labute approximate surface area is 158 Å². The molecule has 146 valence electrons. The predicted octanol–water partition coefficient (Wildman–Crippen LogP) is 3.86. The molecule has 1 aromatic carbocycles. The lowest BCUT2D eigenvalue weighted by molar-refractivity contribution is -0.384. The molecule has 0 aliphatic heterocycles. The molecule has 0 saturated heterocycles. The van der Waals surface area contributed by atoms with Gasteiger partial charge in [-0.05, 0) is 31.4 Å². The van der Waals surface area contributed by atoms with Gasteiger partial charge in [0.25, 0.3) is 5.69 Å². The molecule has 8 nitrogen and oxygen atoms in total. The molecule has 0 N–H and O–H groups in total. The van der Waals surface area contributed by atoms with Crippen LogP contribution in [0.3, 0.4) is 0 Å². The number of non-ortho nitro benzene ring substituents is 1. The average molecular weight is 374 g/mol. The summed E-state index contributed by atoms with van der Waals surface area (Å²) in [6.07, 6.45) is 1.86. The number of carbonyl (C=O) groups is 1. The molecule has 2 aromatic rings. The van der Waals surface area contributed by atoms with E-state index in [2.05, 4.69) is 17.1 Å². The zero-order valence-electron chi connectivity index (χ0n) is 16.2. The van der Waals surface area contributed by atoms with Crippen LogP contribution in [0.25, 0.3) is 11.4 Å². The van der Waals surface area contributed by atoms with Crippen LogP contribution >= 0.6 is 0 Å². The number of amides is 1. The van der Waals surface area contributed by atoms with E-state index >= 15 is 0 Å². The first-order valence-corrected chi connectivity index (χ1v) is 9.18. The maximum Gasteiger partial charge on any atom is 0.269 e. The van der Waals surface area contributed by atoms with E-state index in [1.54, 1.807) is 12.1 Å². The van der Waals surface area contributed by atoms with Gasteiger partial charge in [-0.15, -0.1) is 0 Å². The van der Waals surface area contributed by atoms with Crippen molar-refractivity contribution in [2.75, 3.05) is 6.54 Å². The Bertz CT molecular complexity index is 770. The summed E-state index contributed by atoms with van der Waals surface area (Å²) in [7, 11) is 0. The molecule has 27 heavy (non-hydrogen) atoms. The maximum absolute atomic E-state index is 12.5. The molecule has 0 spiro atoms. The zero-order chi connectivity index (χ0) is 20.0.